The Morgan fingerprint density at radius 3 is 3.21 bits per heavy atom. The summed E-state index contributed by atoms with van der Waals surface area (Å²) in [5.74, 6) is 1.09. The first-order valence-corrected chi connectivity index (χ1v) is 4.86. The monoisotopic (exact) mass is 191 g/mol. The highest BCUT2D eigenvalue weighted by Gasteiger charge is 2.19. The molecule has 14 heavy (non-hydrogen) atoms. The minimum atomic E-state index is 0.165. The van der Waals surface area contributed by atoms with Crippen molar-refractivity contribution in [2.75, 3.05) is 18.0 Å². The number of rotatable bonds is 2. The predicted octanol–water partition coefficient (Wildman–Crippen LogP) is 0.892. The zero-order valence-corrected chi connectivity index (χ0v) is 7.97. The van der Waals surface area contributed by atoms with E-state index in [2.05, 4.69) is 14.9 Å². The van der Waals surface area contributed by atoms with E-state index in [9.17, 15) is 4.79 Å². The lowest BCUT2D eigenvalue weighted by Gasteiger charge is -2.30. The van der Waals surface area contributed by atoms with Gasteiger partial charge in [-0.25, -0.2) is 9.97 Å². The molecule has 1 saturated heterocycles. The van der Waals surface area contributed by atoms with Crippen LogP contribution in [0.15, 0.2) is 18.6 Å². The molecule has 1 fully saturated rings. The minimum Gasteiger partial charge on any atom is -0.356 e. The summed E-state index contributed by atoms with van der Waals surface area (Å²) in [6.45, 7) is 1.78. The van der Waals surface area contributed by atoms with Gasteiger partial charge in [-0.05, 0) is 18.9 Å². The van der Waals surface area contributed by atoms with Crippen LogP contribution in [0.5, 0.6) is 0 Å². The maximum Gasteiger partial charge on any atom is 0.131 e. The number of hydrogen-bond donors (Lipinski definition) is 0. The van der Waals surface area contributed by atoms with Crippen LogP contribution in [0.25, 0.3) is 0 Å². The van der Waals surface area contributed by atoms with E-state index in [4.69, 9.17) is 0 Å². The Morgan fingerprint density at radius 2 is 2.50 bits per heavy atom. The first kappa shape index (κ1) is 9.12. The molecule has 1 aliphatic heterocycles. The number of carbonyl (C=O) groups is 1. The molecule has 1 aliphatic rings. The fourth-order valence-corrected chi connectivity index (χ4v) is 1.80. The Bertz CT molecular complexity index is 301. The molecule has 1 aromatic rings. The smallest absolute Gasteiger partial charge is 0.131 e. The lowest BCUT2D eigenvalue weighted by molar-refractivity contribution is -0.111. The SMILES string of the molecule is O=CC1CCCN(c2ccncn2)C1. The summed E-state index contributed by atoms with van der Waals surface area (Å²) in [5.41, 5.74) is 0. The van der Waals surface area contributed by atoms with Crippen LogP contribution in [0.1, 0.15) is 12.8 Å². The molecule has 4 heteroatoms. The van der Waals surface area contributed by atoms with Gasteiger partial charge in [0.15, 0.2) is 0 Å². The highest BCUT2D eigenvalue weighted by atomic mass is 16.1. The molecule has 0 spiro atoms. The minimum absolute atomic E-state index is 0.165. The summed E-state index contributed by atoms with van der Waals surface area (Å²) in [5, 5.41) is 0. The van der Waals surface area contributed by atoms with E-state index in [1.807, 2.05) is 6.07 Å². The molecule has 1 unspecified atom stereocenters. The molecular formula is C10H13N3O. The molecule has 0 radical (unpaired) electrons. The molecule has 0 aliphatic carbocycles. The zero-order valence-electron chi connectivity index (χ0n) is 7.97. The highest BCUT2D eigenvalue weighted by Crippen LogP contribution is 2.19. The van der Waals surface area contributed by atoms with Crippen LogP contribution in [-0.2, 0) is 4.79 Å². The quantitative estimate of drug-likeness (QED) is 0.651. The van der Waals surface area contributed by atoms with Crippen molar-refractivity contribution >= 4 is 12.1 Å². The Balaban J connectivity index is 2.08. The summed E-state index contributed by atoms with van der Waals surface area (Å²) < 4.78 is 0. The molecule has 0 amide bonds. The first-order valence-electron chi connectivity index (χ1n) is 4.86. The predicted molar refractivity (Wildman–Crippen MR) is 53.0 cm³/mol. The Kier molecular flexibility index (Phi) is 2.72. The number of hydrogen-bond acceptors (Lipinski definition) is 4. The molecule has 2 heterocycles. The van der Waals surface area contributed by atoms with Crippen molar-refractivity contribution in [3.63, 3.8) is 0 Å². The van der Waals surface area contributed by atoms with E-state index in [0.29, 0.717) is 0 Å². The molecule has 4 nitrogen and oxygen atoms in total. The molecule has 0 aromatic carbocycles. The van der Waals surface area contributed by atoms with Gasteiger partial charge in [0.1, 0.15) is 18.4 Å². The molecule has 0 bridgehead atoms. The van der Waals surface area contributed by atoms with Gasteiger partial charge in [-0.3, -0.25) is 0 Å². The van der Waals surface area contributed by atoms with E-state index in [0.717, 1.165) is 38.0 Å². The van der Waals surface area contributed by atoms with Crippen molar-refractivity contribution in [2.24, 2.45) is 5.92 Å². The van der Waals surface area contributed by atoms with Gasteiger partial charge in [0, 0.05) is 25.2 Å². The van der Waals surface area contributed by atoms with Crippen LogP contribution in [0.4, 0.5) is 5.82 Å². The number of anilines is 1. The van der Waals surface area contributed by atoms with Gasteiger partial charge in [0.2, 0.25) is 0 Å². The van der Waals surface area contributed by atoms with Gasteiger partial charge >= 0.3 is 0 Å². The molecule has 2 rings (SSSR count). The summed E-state index contributed by atoms with van der Waals surface area (Å²) in [7, 11) is 0. The Hall–Kier alpha value is -1.45. The molecule has 1 atom stereocenters. The molecule has 0 saturated carbocycles. The van der Waals surface area contributed by atoms with Crippen molar-refractivity contribution in [3.8, 4) is 0 Å². The maximum absolute atomic E-state index is 10.7. The van der Waals surface area contributed by atoms with Gasteiger partial charge in [-0.2, -0.15) is 0 Å². The van der Waals surface area contributed by atoms with Crippen molar-refractivity contribution in [1.82, 2.24) is 9.97 Å². The van der Waals surface area contributed by atoms with Crippen LogP contribution in [0.3, 0.4) is 0 Å². The van der Waals surface area contributed by atoms with E-state index in [-0.39, 0.29) is 5.92 Å². The van der Waals surface area contributed by atoms with E-state index >= 15 is 0 Å². The normalized spacial score (nSPS) is 22.0. The lowest BCUT2D eigenvalue weighted by atomic mass is 10.00. The molecule has 74 valence electrons. The largest absolute Gasteiger partial charge is 0.356 e. The Morgan fingerprint density at radius 1 is 1.57 bits per heavy atom. The molecule has 0 N–H and O–H groups in total. The van der Waals surface area contributed by atoms with Crippen molar-refractivity contribution in [1.29, 1.82) is 0 Å². The second kappa shape index (κ2) is 4.17. The number of aromatic nitrogens is 2. The van der Waals surface area contributed by atoms with Crippen LogP contribution in [0, 0.1) is 5.92 Å². The van der Waals surface area contributed by atoms with Gasteiger partial charge < -0.3 is 9.69 Å². The lowest BCUT2D eigenvalue weighted by Crippen LogP contribution is -2.36. The third-order valence-corrected chi connectivity index (χ3v) is 2.54. The van der Waals surface area contributed by atoms with Gasteiger partial charge in [0.25, 0.3) is 0 Å². The van der Waals surface area contributed by atoms with Crippen molar-refractivity contribution < 1.29 is 4.79 Å². The topological polar surface area (TPSA) is 46.1 Å². The van der Waals surface area contributed by atoms with Crippen molar-refractivity contribution in [2.45, 2.75) is 12.8 Å². The summed E-state index contributed by atoms with van der Waals surface area (Å²) in [6.07, 6.45) is 6.39. The maximum atomic E-state index is 10.7. The number of nitrogens with zero attached hydrogens (tertiary/aromatic N) is 3. The molecular weight excluding hydrogens is 178 g/mol. The average Bonchev–Trinajstić information content (AvgIpc) is 2.30. The van der Waals surface area contributed by atoms with E-state index < -0.39 is 0 Å². The van der Waals surface area contributed by atoms with Gasteiger partial charge in [-0.1, -0.05) is 0 Å². The van der Waals surface area contributed by atoms with E-state index in [1.165, 1.54) is 0 Å². The summed E-state index contributed by atoms with van der Waals surface area (Å²) in [6, 6.07) is 1.88. The Labute approximate surface area is 83.0 Å². The van der Waals surface area contributed by atoms with Crippen LogP contribution < -0.4 is 4.90 Å². The molecule has 1 aromatic heterocycles. The third-order valence-electron chi connectivity index (χ3n) is 2.54. The van der Waals surface area contributed by atoms with Crippen LogP contribution in [0.2, 0.25) is 0 Å². The second-order valence-electron chi connectivity index (χ2n) is 3.55. The highest BCUT2D eigenvalue weighted by molar-refractivity contribution is 5.56. The van der Waals surface area contributed by atoms with Crippen LogP contribution >= 0.6 is 0 Å². The standard InChI is InChI=1S/C10H13N3O/c14-7-9-2-1-5-13(6-9)10-3-4-11-8-12-10/h3-4,7-9H,1-2,5-6H2. The third kappa shape index (κ3) is 1.89. The second-order valence-corrected chi connectivity index (χ2v) is 3.55. The average molecular weight is 191 g/mol. The first-order chi connectivity index (χ1) is 6.90. The number of carbonyl (C=O) groups excluding carboxylic acids is 1. The fraction of sp³-hybridized carbons (Fsp3) is 0.500. The van der Waals surface area contributed by atoms with Gasteiger partial charge in [0.05, 0.1) is 0 Å². The van der Waals surface area contributed by atoms with Gasteiger partial charge in [-0.15, -0.1) is 0 Å². The summed E-state index contributed by atoms with van der Waals surface area (Å²) >= 11 is 0. The number of aldehydes is 1. The zero-order chi connectivity index (χ0) is 9.80. The van der Waals surface area contributed by atoms with E-state index in [1.54, 1.807) is 12.5 Å². The summed E-state index contributed by atoms with van der Waals surface area (Å²) in [4.78, 5) is 20.9. The number of piperidine rings is 1. The van der Waals surface area contributed by atoms with Crippen LogP contribution in [-0.4, -0.2) is 29.3 Å². The fourth-order valence-electron chi connectivity index (χ4n) is 1.80. The van der Waals surface area contributed by atoms with Crippen molar-refractivity contribution in [3.05, 3.63) is 18.6 Å².